The van der Waals surface area contributed by atoms with Gasteiger partial charge in [0.05, 0.1) is 34.4 Å². The lowest BCUT2D eigenvalue weighted by atomic mass is 10.1. The minimum atomic E-state index is -4.53. The molecular weight excluding hydrogens is 333 g/mol. The maximum absolute atomic E-state index is 12.8. The second kappa shape index (κ2) is 6.03. The summed E-state index contributed by atoms with van der Waals surface area (Å²) in [4.78, 5) is 13.7. The van der Waals surface area contributed by atoms with Crippen LogP contribution in [-0.2, 0) is 20.8 Å². The molecule has 0 spiro atoms. The summed E-state index contributed by atoms with van der Waals surface area (Å²) in [5.41, 5.74) is -0.455. The van der Waals surface area contributed by atoms with Crippen molar-refractivity contribution in [1.29, 1.82) is 0 Å². The van der Waals surface area contributed by atoms with Gasteiger partial charge in [-0.15, -0.1) is 0 Å². The number of nitrogens with zero attached hydrogens (tertiary/aromatic N) is 1. The fraction of sp³-hybridized carbons (Fsp3) is 0.500. The van der Waals surface area contributed by atoms with Gasteiger partial charge in [-0.05, 0) is 24.6 Å². The minimum absolute atomic E-state index is 0.0131. The van der Waals surface area contributed by atoms with Gasteiger partial charge in [0, 0.05) is 14.1 Å². The number of carbonyl (C=O) groups excluding carboxylic acids is 1. The zero-order valence-corrected chi connectivity index (χ0v) is 13.5. The predicted octanol–water partition coefficient (Wildman–Crippen LogP) is 2.14. The van der Waals surface area contributed by atoms with Gasteiger partial charge < -0.3 is 10.2 Å². The van der Waals surface area contributed by atoms with E-state index >= 15 is 0 Å². The third-order valence-corrected chi connectivity index (χ3v) is 5.43. The molecule has 0 radical (unpaired) electrons. The first-order valence-corrected chi connectivity index (χ1v) is 8.71. The van der Waals surface area contributed by atoms with Crippen LogP contribution in [-0.4, -0.2) is 39.9 Å². The lowest BCUT2D eigenvalue weighted by Gasteiger charge is -2.20. The number of amides is 1. The smallest absolute Gasteiger partial charge is 0.376 e. The molecule has 0 saturated carbocycles. The summed E-state index contributed by atoms with van der Waals surface area (Å²) in [6.07, 6.45) is -4.34. The van der Waals surface area contributed by atoms with Crippen LogP contribution in [0.4, 0.5) is 24.5 Å². The Morgan fingerprint density at radius 3 is 2.43 bits per heavy atom. The molecule has 1 atom stereocenters. The second-order valence-electron chi connectivity index (χ2n) is 5.71. The maximum atomic E-state index is 12.8. The van der Waals surface area contributed by atoms with Gasteiger partial charge in [0.15, 0.2) is 9.84 Å². The number of anilines is 2. The Kier molecular flexibility index (Phi) is 4.61. The maximum Gasteiger partial charge on any atom is 0.416 e. The van der Waals surface area contributed by atoms with Crippen molar-refractivity contribution in [1.82, 2.24) is 0 Å². The molecule has 1 amide bonds. The van der Waals surface area contributed by atoms with Crippen molar-refractivity contribution in [3.05, 3.63) is 23.8 Å². The fourth-order valence-corrected chi connectivity index (χ4v) is 4.18. The number of hydrogen-bond donors (Lipinski definition) is 1. The van der Waals surface area contributed by atoms with Crippen LogP contribution >= 0.6 is 0 Å². The van der Waals surface area contributed by atoms with E-state index in [1.807, 2.05) is 0 Å². The van der Waals surface area contributed by atoms with Crippen LogP contribution in [0.3, 0.4) is 0 Å². The first-order valence-electron chi connectivity index (χ1n) is 6.89. The highest BCUT2D eigenvalue weighted by Gasteiger charge is 2.34. The summed E-state index contributed by atoms with van der Waals surface area (Å²) in [5.74, 6) is -1.65. The lowest BCUT2D eigenvalue weighted by Crippen LogP contribution is -2.25. The van der Waals surface area contributed by atoms with Crippen LogP contribution in [0, 0.1) is 5.92 Å². The molecule has 9 heteroatoms. The van der Waals surface area contributed by atoms with Gasteiger partial charge in [-0.2, -0.15) is 13.2 Å². The second-order valence-corrected chi connectivity index (χ2v) is 7.94. The van der Waals surface area contributed by atoms with E-state index in [0.717, 1.165) is 12.1 Å². The molecule has 1 N–H and O–H groups in total. The predicted molar refractivity (Wildman–Crippen MR) is 81.2 cm³/mol. The average molecular weight is 350 g/mol. The standard InChI is InChI=1S/C14H17F3N2O3S/c1-19(2)12-4-3-10(14(15,16)17)7-11(12)18-13(20)9-5-6-23(21,22)8-9/h3-4,7,9H,5-6,8H2,1-2H3,(H,18,20)/t9-/m1/s1. The summed E-state index contributed by atoms with van der Waals surface area (Å²) in [6.45, 7) is 0. The molecule has 1 fully saturated rings. The Hall–Kier alpha value is -1.77. The first-order chi connectivity index (χ1) is 10.5. The van der Waals surface area contributed by atoms with Gasteiger partial charge in [0.1, 0.15) is 0 Å². The molecule has 0 bridgehead atoms. The molecule has 128 valence electrons. The molecule has 23 heavy (non-hydrogen) atoms. The van der Waals surface area contributed by atoms with Crippen LogP contribution in [0.5, 0.6) is 0 Å². The highest BCUT2D eigenvalue weighted by atomic mass is 32.2. The molecule has 1 aromatic carbocycles. The highest BCUT2D eigenvalue weighted by Crippen LogP contribution is 2.35. The number of benzene rings is 1. The molecule has 1 aromatic rings. The number of carbonyl (C=O) groups is 1. The molecule has 1 saturated heterocycles. The van der Waals surface area contributed by atoms with Gasteiger partial charge in [-0.1, -0.05) is 0 Å². The summed E-state index contributed by atoms with van der Waals surface area (Å²) >= 11 is 0. The highest BCUT2D eigenvalue weighted by molar-refractivity contribution is 7.91. The summed E-state index contributed by atoms with van der Waals surface area (Å²) in [6, 6.07) is 3.06. The number of sulfone groups is 1. The van der Waals surface area contributed by atoms with Gasteiger partial charge in [-0.3, -0.25) is 4.79 Å². The van der Waals surface area contributed by atoms with Crippen molar-refractivity contribution in [3.63, 3.8) is 0 Å². The Morgan fingerprint density at radius 1 is 1.30 bits per heavy atom. The van der Waals surface area contributed by atoms with Crippen molar-refractivity contribution < 1.29 is 26.4 Å². The Morgan fingerprint density at radius 2 is 1.96 bits per heavy atom. The summed E-state index contributed by atoms with van der Waals surface area (Å²) in [7, 11) is 0.0325. The number of nitrogens with one attached hydrogen (secondary N) is 1. The van der Waals surface area contributed by atoms with E-state index in [9.17, 15) is 26.4 Å². The van der Waals surface area contributed by atoms with Gasteiger partial charge in [0.25, 0.3) is 0 Å². The van der Waals surface area contributed by atoms with Crippen molar-refractivity contribution in [2.75, 3.05) is 35.8 Å². The van der Waals surface area contributed by atoms with E-state index in [1.165, 1.54) is 6.07 Å². The van der Waals surface area contributed by atoms with Gasteiger partial charge in [0.2, 0.25) is 5.91 Å². The zero-order chi connectivity index (χ0) is 17.4. The molecule has 0 unspecified atom stereocenters. The van der Waals surface area contributed by atoms with Crippen LogP contribution in [0.1, 0.15) is 12.0 Å². The van der Waals surface area contributed by atoms with Crippen molar-refractivity contribution in [2.45, 2.75) is 12.6 Å². The van der Waals surface area contributed by atoms with Gasteiger partial charge >= 0.3 is 6.18 Å². The van der Waals surface area contributed by atoms with Crippen LogP contribution in [0.25, 0.3) is 0 Å². The third kappa shape index (κ3) is 4.15. The normalized spacial score (nSPS) is 20.3. The number of rotatable bonds is 3. The molecular formula is C14H17F3N2O3S. The summed E-state index contributed by atoms with van der Waals surface area (Å²) in [5, 5.41) is 2.44. The SMILES string of the molecule is CN(C)c1ccc(C(F)(F)F)cc1NC(=O)[C@@H]1CCS(=O)(=O)C1. The van der Waals surface area contributed by atoms with Crippen LogP contribution < -0.4 is 10.2 Å². The quantitative estimate of drug-likeness (QED) is 0.907. The summed E-state index contributed by atoms with van der Waals surface area (Å²) < 4.78 is 61.3. The molecule has 2 rings (SSSR count). The van der Waals surface area contributed by atoms with Crippen molar-refractivity contribution in [3.8, 4) is 0 Å². The van der Waals surface area contributed by atoms with Crippen LogP contribution in [0.15, 0.2) is 18.2 Å². The zero-order valence-electron chi connectivity index (χ0n) is 12.6. The van der Waals surface area contributed by atoms with E-state index in [1.54, 1.807) is 19.0 Å². The monoisotopic (exact) mass is 350 g/mol. The van der Waals surface area contributed by atoms with E-state index < -0.39 is 33.4 Å². The minimum Gasteiger partial charge on any atom is -0.376 e. The van der Waals surface area contributed by atoms with E-state index in [0.29, 0.717) is 5.69 Å². The lowest BCUT2D eigenvalue weighted by molar-refractivity contribution is -0.137. The number of hydrogen-bond acceptors (Lipinski definition) is 4. The Balaban J connectivity index is 2.28. The molecule has 0 aliphatic carbocycles. The van der Waals surface area contributed by atoms with Crippen molar-refractivity contribution in [2.24, 2.45) is 5.92 Å². The van der Waals surface area contributed by atoms with E-state index in [-0.39, 0.29) is 23.6 Å². The average Bonchev–Trinajstić information content (AvgIpc) is 2.77. The molecule has 1 aliphatic rings. The van der Waals surface area contributed by atoms with Crippen molar-refractivity contribution >= 4 is 27.1 Å². The van der Waals surface area contributed by atoms with Gasteiger partial charge in [-0.25, -0.2) is 8.42 Å². The molecule has 5 nitrogen and oxygen atoms in total. The third-order valence-electron chi connectivity index (χ3n) is 3.67. The molecule has 1 aliphatic heterocycles. The first kappa shape index (κ1) is 17.6. The number of halogens is 3. The topological polar surface area (TPSA) is 66.5 Å². The largest absolute Gasteiger partial charge is 0.416 e. The number of alkyl halides is 3. The Labute approximate surface area is 132 Å². The van der Waals surface area contributed by atoms with E-state index in [2.05, 4.69) is 5.32 Å². The van der Waals surface area contributed by atoms with E-state index in [4.69, 9.17) is 0 Å². The van der Waals surface area contributed by atoms with Crippen LogP contribution in [0.2, 0.25) is 0 Å². The molecule has 0 aromatic heterocycles. The molecule has 1 heterocycles. The fourth-order valence-electron chi connectivity index (χ4n) is 2.44. The Bertz CT molecular complexity index is 714.